The first-order chi connectivity index (χ1) is 5.13. The first kappa shape index (κ1) is 8.79. The lowest BCUT2D eigenvalue weighted by atomic mass is 10.2. The van der Waals surface area contributed by atoms with Gasteiger partial charge in [0.1, 0.15) is 0 Å². The molecule has 1 aliphatic rings. The summed E-state index contributed by atoms with van der Waals surface area (Å²) < 4.78 is 0. The Bertz CT molecular complexity index is 177. The highest BCUT2D eigenvalue weighted by atomic mass is 32.2. The van der Waals surface area contributed by atoms with E-state index in [-0.39, 0.29) is 0 Å². The van der Waals surface area contributed by atoms with E-state index in [9.17, 15) is 4.79 Å². The maximum Gasteiger partial charge on any atom is 0.344 e. The SMILES string of the molecule is CSCC[C@@]1(C(=O)O)NN1O. The molecule has 0 aliphatic carbocycles. The Morgan fingerprint density at radius 1 is 1.82 bits per heavy atom. The Kier molecular flexibility index (Phi) is 2.38. The predicted molar refractivity (Wildman–Crippen MR) is 40.1 cm³/mol. The smallest absolute Gasteiger partial charge is 0.344 e. The van der Waals surface area contributed by atoms with Gasteiger partial charge in [0, 0.05) is 6.42 Å². The van der Waals surface area contributed by atoms with E-state index in [1.165, 1.54) is 0 Å². The van der Waals surface area contributed by atoms with Gasteiger partial charge in [0.25, 0.3) is 0 Å². The Labute approximate surface area is 68.3 Å². The number of thioether (sulfide) groups is 1. The lowest BCUT2D eigenvalue weighted by molar-refractivity contribution is -0.146. The molecule has 5 nitrogen and oxygen atoms in total. The summed E-state index contributed by atoms with van der Waals surface area (Å²) in [6, 6.07) is 0. The van der Waals surface area contributed by atoms with Crippen LogP contribution < -0.4 is 5.43 Å². The van der Waals surface area contributed by atoms with Gasteiger partial charge in [-0.15, -0.1) is 0 Å². The number of hydroxylamine groups is 1. The van der Waals surface area contributed by atoms with Crippen molar-refractivity contribution >= 4 is 17.7 Å². The molecule has 64 valence electrons. The zero-order chi connectivity index (χ0) is 8.48. The van der Waals surface area contributed by atoms with Crippen molar-refractivity contribution in [3.8, 4) is 0 Å². The summed E-state index contributed by atoms with van der Waals surface area (Å²) in [6.45, 7) is 0. The summed E-state index contributed by atoms with van der Waals surface area (Å²) >= 11 is 1.55. The van der Waals surface area contributed by atoms with Crippen LogP contribution in [0.3, 0.4) is 0 Å². The molecule has 6 heteroatoms. The minimum Gasteiger partial charge on any atom is -0.479 e. The van der Waals surface area contributed by atoms with E-state index in [1.54, 1.807) is 11.8 Å². The Morgan fingerprint density at radius 3 is 2.64 bits per heavy atom. The molecule has 1 heterocycles. The molecule has 1 rings (SSSR count). The summed E-state index contributed by atoms with van der Waals surface area (Å²) in [7, 11) is 0. The molecule has 0 saturated carbocycles. The fourth-order valence-electron chi connectivity index (χ4n) is 0.807. The standard InChI is InChI=1S/C5H10N2O3S/c1-11-3-2-5(4(8)9)6-7(5)10/h6,10H,2-3H2,1H3,(H,8,9)/t5-,7?/m1/s1. The molecule has 0 bridgehead atoms. The van der Waals surface area contributed by atoms with E-state index in [2.05, 4.69) is 5.43 Å². The Hall–Kier alpha value is -0.300. The average molecular weight is 178 g/mol. The molecule has 0 amide bonds. The van der Waals surface area contributed by atoms with Gasteiger partial charge in [-0.3, -0.25) is 5.21 Å². The van der Waals surface area contributed by atoms with Gasteiger partial charge in [0.15, 0.2) is 0 Å². The third-order valence-electron chi connectivity index (χ3n) is 1.62. The zero-order valence-corrected chi connectivity index (χ0v) is 6.89. The van der Waals surface area contributed by atoms with Gasteiger partial charge < -0.3 is 5.11 Å². The fraction of sp³-hybridized carbons (Fsp3) is 0.800. The van der Waals surface area contributed by atoms with Crippen LogP contribution in [0, 0.1) is 0 Å². The van der Waals surface area contributed by atoms with Crippen LogP contribution in [0.15, 0.2) is 0 Å². The van der Waals surface area contributed by atoms with E-state index in [0.717, 1.165) is 0 Å². The van der Waals surface area contributed by atoms with Crippen molar-refractivity contribution in [2.24, 2.45) is 0 Å². The lowest BCUT2D eigenvalue weighted by Gasteiger charge is -2.04. The van der Waals surface area contributed by atoms with E-state index >= 15 is 0 Å². The molecule has 2 atom stereocenters. The van der Waals surface area contributed by atoms with E-state index in [4.69, 9.17) is 10.3 Å². The van der Waals surface area contributed by atoms with Crippen molar-refractivity contribution < 1.29 is 15.1 Å². The van der Waals surface area contributed by atoms with E-state index in [0.29, 0.717) is 17.3 Å². The third kappa shape index (κ3) is 1.48. The summed E-state index contributed by atoms with van der Waals surface area (Å²) in [5, 5.41) is 18.1. The molecular weight excluding hydrogens is 168 g/mol. The highest BCUT2D eigenvalue weighted by molar-refractivity contribution is 7.98. The number of hydrogen-bond donors (Lipinski definition) is 3. The largest absolute Gasteiger partial charge is 0.479 e. The van der Waals surface area contributed by atoms with Crippen molar-refractivity contribution in [2.45, 2.75) is 12.1 Å². The van der Waals surface area contributed by atoms with Crippen molar-refractivity contribution in [1.29, 1.82) is 0 Å². The summed E-state index contributed by atoms with van der Waals surface area (Å²) in [5.41, 5.74) is 1.15. The second kappa shape index (κ2) is 2.98. The predicted octanol–water partition coefficient (Wildman–Crippen LogP) is -0.270. The number of rotatable bonds is 4. The molecule has 1 unspecified atom stereocenters. The normalized spacial score (nSPS) is 35.3. The molecule has 3 N–H and O–H groups in total. The molecule has 1 aliphatic heterocycles. The molecule has 0 aromatic rings. The number of carboxylic acids is 1. The second-order valence-corrected chi connectivity index (χ2v) is 3.32. The van der Waals surface area contributed by atoms with Crippen LogP contribution >= 0.6 is 11.8 Å². The van der Waals surface area contributed by atoms with Crippen LogP contribution in [-0.4, -0.2) is 39.1 Å². The quantitative estimate of drug-likeness (QED) is 0.514. The van der Waals surface area contributed by atoms with Crippen molar-refractivity contribution in [1.82, 2.24) is 10.6 Å². The summed E-state index contributed by atoms with van der Waals surface area (Å²) in [6.07, 6.45) is 2.29. The zero-order valence-electron chi connectivity index (χ0n) is 6.07. The fourth-order valence-corrected chi connectivity index (χ4v) is 1.31. The lowest BCUT2D eigenvalue weighted by Crippen LogP contribution is -2.30. The highest BCUT2D eigenvalue weighted by Gasteiger charge is 2.58. The minimum absolute atomic E-state index is 0.403. The number of aliphatic carboxylic acids is 1. The van der Waals surface area contributed by atoms with Crippen LogP contribution in [0.25, 0.3) is 0 Å². The number of nitrogens with zero attached hydrogens (tertiary/aromatic N) is 1. The van der Waals surface area contributed by atoms with Crippen LogP contribution in [0.4, 0.5) is 0 Å². The first-order valence-electron chi connectivity index (χ1n) is 3.13. The molecule has 0 aromatic heterocycles. The third-order valence-corrected chi connectivity index (χ3v) is 2.24. The van der Waals surface area contributed by atoms with Crippen LogP contribution in [-0.2, 0) is 4.79 Å². The minimum atomic E-state index is -1.21. The molecule has 0 spiro atoms. The number of nitrogens with one attached hydrogen (secondary N) is 1. The van der Waals surface area contributed by atoms with Gasteiger partial charge in [0.05, 0.1) is 0 Å². The topological polar surface area (TPSA) is 82.5 Å². The highest BCUT2D eigenvalue weighted by Crippen LogP contribution is 2.27. The van der Waals surface area contributed by atoms with Crippen molar-refractivity contribution in [3.05, 3.63) is 0 Å². The first-order valence-corrected chi connectivity index (χ1v) is 4.52. The van der Waals surface area contributed by atoms with E-state index in [1.807, 2.05) is 6.26 Å². The van der Waals surface area contributed by atoms with Crippen molar-refractivity contribution in [3.63, 3.8) is 0 Å². The number of carbonyl (C=O) groups is 1. The number of hydrogen-bond acceptors (Lipinski definition) is 5. The molecule has 0 aromatic carbocycles. The average Bonchev–Trinajstić information content (AvgIpc) is 2.59. The summed E-state index contributed by atoms with van der Waals surface area (Å²) in [5.74, 6) is -0.329. The molecule has 11 heavy (non-hydrogen) atoms. The van der Waals surface area contributed by atoms with Crippen LogP contribution in [0.1, 0.15) is 6.42 Å². The van der Waals surface area contributed by atoms with Crippen molar-refractivity contribution in [2.75, 3.05) is 12.0 Å². The Morgan fingerprint density at radius 2 is 2.36 bits per heavy atom. The van der Waals surface area contributed by atoms with Gasteiger partial charge in [-0.1, -0.05) is 5.17 Å². The van der Waals surface area contributed by atoms with Crippen LogP contribution in [0.2, 0.25) is 0 Å². The van der Waals surface area contributed by atoms with E-state index < -0.39 is 11.6 Å². The van der Waals surface area contributed by atoms with Gasteiger partial charge in [-0.2, -0.15) is 17.2 Å². The van der Waals surface area contributed by atoms with Gasteiger partial charge >= 0.3 is 5.97 Å². The maximum atomic E-state index is 10.5. The number of carboxylic acid groups (broad SMARTS) is 1. The monoisotopic (exact) mass is 178 g/mol. The molecule has 1 saturated heterocycles. The summed E-state index contributed by atoms with van der Waals surface area (Å²) in [4.78, 5) is 10.5. The molecule has 1 fully saturated rings. The molecule has 0 radical (unpaired) electrons. The van der Waals surface area contributed by atoms with Gasteiger partial charge in [0.2, 0.25) is 5.66 Å². The van der Waals surface area contributed by atoms with Gasteiger partial charge in [-0.05, 0) is 12.0 Å². The number of hydrazine groups is 1. The second-order valence-electron chi connectivity index (χ2n) is 2.33. The molecular formula is C5H10N2O3S. The van der Waals surface area contributed by atoms with Gasteiger partial charge in [-0.25, -0.2) is 4.79 Å². The van der Waals surface area contributed by atoms with Crippen LogP contribution in [0.5, 0.6) is 0 Å². The maximum absolute atomic E-state index is 10.5. The Balaban J connectivity index is 2.44.